The second kappa shape index (κ2) is 25.8. The van der Waals surface area contributed by atoms with Gasteiger partial charge in [-0.3, -0.25) is 4.55 Å². The summed E-state index contributed by atoms with van der Waals surface area (Å²) < 4.78 is 44.4. The highest BCUT2D eigenvalue weighted by molar-refractivity contribution is 7.86. The molecule has 0 unspecified atom stereocenters. The van der Waals surface area contributed by atoms with Gasteiger partial charge < -0.3 is 9.47 Å². The second-order valence-corrected chi connectivity index (χ2v) is 12.9. The van der Waals surface area contributed by atoms with Gasteiger partial charge in [0.2, 0.25) is 0 Å². The van der Waals surface area contributed by atoms with Gasteiger partial charge in [-0.15, -0.1) is 0 Å². The summed E-state index contributed by atoms with van der Waals surface area (Å²) >= 11 is 0. The van der Waals surface area contributed by atoms with Gasteiger partial charge in [0.05, 0.1) is 24.3 Å². The fraction of sp³-hybridized carbons (Fsp3) is 0.667. The first-order chi connectivity index (χ1) is 21.3. The number of esters is 2. The lowest BCUT2D eigenvalue weighted by Crippen LogP contribution is -2.19. The third-order valence-electron chi connectivity index (χ3n) is 7.70. The molecule has 0 aromatic heterocycles. The average molecular weight is 635 g/mol. The second-order valence-electron chi connectivity index (χ2n) is 11.5. The van der Waals surface area contributed by atoms with Crippen molar-refractivity contribution >= 4 is 22.1 Å². The van der Waals surface area contributed by atoms with Gasteiger partial charge in [-0.2, -0.15) is 8.42 Å². The van der Waals surface area contributed by atoms with Crippen LogP contribution in [0, 0.1) is 0 Å². The minimum Gasteiger partial charge on any atom is -0.462 e. The Hall–Kier alpha value is -2.45. The number of unbranched alkanes of at least 4 members (excludes halogenated alkanes) is 18. The molecule has 0 heterocycles. The van der Waals surface area contributed by atoms with Crippen molar-refractivity contribution in [1.29, 1.82) is 0 Å². The van der Waals surface area contributed by atoms with Crippen LogP contribution in [-0.4, -0.2) is 38.1 Å². The number of rotatable bonds is 27. The molecule has 1 aromatic carbocycles. The predicted octanol–water partition coefficient (Wildman–Crippen LogP) is 10.2. The summed E-state index contributed by atoms with van der Waals surface area (Å²) in [7, 11) is -4.76. The van der Waals surface area contributed by atoms with Gasteiger partial charge in [0, 0.05) is 0 Å². The number of hydrogen-bond acceptors (Lipinski definition) is 6. The summed E-state index contributed by atoms with van der Waals surface area (Å²) in [6.45, 7) is 4.38. The Labute approximate surface area is 267 Å². The van der Waals surface area contributed by atoms with Gasteiger partial charge in [0.25, 0.3) is 10.1 Å². The smallest absolute Gasteiger partial charge is 0.340 e. The van der Waals surface area contributed by atoms with Crippen LogP contribution in [0.1, 0.15) is 163 Å². The highest BCUT2D eigenvalue weighted by Gasteiger charge is 2.28. The van der Waals surface area contributed by atoms with Crippen molar-refractivity contribution in [1.82, 2.24) is 0 Å². The predicted molar refractivity (Wildman–Crippen MR) is 179 cm³/mol. The van der Waals surface area contributed by atoms with Crippen LogP contribution in [0.25, 0.3) is 0 Å². The lowest BCUT2D eigenvalue weighted by Gasteiger charge is -2.13. The van der Waals surface area contributed by atoms with E-state index in [0.29, 0.717) is 12.8 Å². The van der Waals surface area contributed by atoms with Crippen LogP contribution in [0.3, 0.4) is 0 Å². The number of hydrogen-bond donors (Lipinski definition) is 1. The number of benzene rings is 1. The van der Waals surface area contributed by atoms with Crippen LogP contribution in [0.2, 0.25) is 0 Å². The lowest BCUT2D eigenvalue weighted by molar-refractivity contribution is 0.0446. The highest BCUT2D eigenvalue weighted by Crippen LogP contribution is 2.23. The van der Waals surface area contributed by atoms with E-state index >= 15 is 0 Å². The van der Waals surface area contributed by atoms with E-state index in [-0.39, 0.29) is 18.8 Å². The minimum atomic E-state index is -4.76. The van der Waals surface area contributed by atoms with Gasteiger partial charge in [-0.1, -0.05) is 120 Å². The zero-order chi connectivity index (χ0) is 32.3. The molecular weight excluding hydrogens is 576 g/mol. The molecule has 1 N–H and O–H groups in total. The zero-order valence-electron chi connectivity index (χ0n) is 27.4. The van der Waals surface area contributed by atoms with E-state index < -0.39 is 32.5 Å². The van der Waals surface area contributed by atoms with Crippen molar-refractivity contribution < 1.29 is 32.0 Å². The van der Waals surface area contributed by atoms with E-state index in [1.807, 2.05) is 6.92 Å². The Bertz CT molecular complexity index is 1080. The molecule has 0 atom stereocenters. The van der Waals surface area contributed by atoms with Crippen molar-refractivity contribution in [3.05, 3.63) is 53.6 Å². The Balaban J connectivity index is 2.39. The highest BCUT2D eigenvalue weighted by atomic mass is 32.2. The fourth-order valence-corrected chi connectivity index (χ4v) is 5.84. The van der Waals surface area contributed by atoms with Crippen LogP contribution in [0.4, 0.5) is 0 Å². The average Bonchev–Trinajstić information content (AvgIpc) is 3.00. The normalized spacial score (nSPS) is 11.9. The lowest BCUT2D eigenvalue weighted by atomic mass is 10.1. The number of carbonyl (C=O) groups is 2. The van der Waals surface area contributed by atoms with E-state index in [0.717, 1.165) is 57.4 Å². The molecular formula is C36H58O7S. The monoisotopic (exact) mass is 634 g/mol. The van der Waals surface area contributed by atoms with E-state index in [9.17, 15) is 22.6 Å². The third kappa shape index (κ3) is 19.0. The maximum atomic E-state index is 12.9. The largest absolute Gasteiger partial charge is 0.462 e. The van der Waals surface area contributed by atoms with Crippen LogP contribution in [0.15, 0.2) is 47.4 Å². The summed E-state index contributed by atoms with van der Waals surface area (Å²) in [5, 5.41) is 0. The molecule has 0 spiro atoms. The Morgan fingerprint density at radius 1 is 0.614 bits per heavy atom. The fourth-order valence-electron chi connectivity index (χ4n) is 5.14. The third-order valence-corrected chi connectivity index (χ3v) is 8.59. The molecule has 250 valence electrons. The van der Waals surface area contributed by atoms with Gasteiger partial charge in [-0.25, -0.2) is 9.59 Å². The quantitative estimate of drug-likeness (QED) is 0.0444. The first-order valence-corrected chi connectivity index (χ1v) is 18.4. The Kier molecular flexibility index (Phi) is 23.2. The summed E-state index contributed by atoms with van der Waals surface area (Å²) in [5.74, 6) is -1.76. The molecule has 0 fully saturated rings. The molecule has 0 saturated heterocycles. The van der Waals surface area contributed by atoms with Gasteiger partial charge in [-0.05, 0) is 64.5 Å². The van der Waals surface area contributed by atoms with Gasteiger partial charge in [0.1, 0.15) is 4.90 Å². The van der Waals surface area contributed by atoms with Gasteiger partial charge in [0.15, 0.2) is 0 Å². The van der Waals surface area contributed by atoms with Crippen molar-refractivity contribution in [2.45, 2.75) is 147 Å². The van der Waals surface area contributed by atoms with E-state index in [2.05, 4.69) is 31.2 Å². The standard InChI is InChI=1S/C36H58O7S/c1-3-5-7-9-11-13-15-17-19-21-23-25-30-42-35(37)32-28-27-29-33(44(39,40)41)34(32)36(38)43-31-26-24-22-20-18-16-14-12-10-8-6-4-2/h3-6,27-29H,7-26,30-31H2,1-2H3,(H,39,40,41)/b5-3+,6-4+. The van der Waals surface area contributed by atoms with E-state index in [1.54, 1.807) is 0 Å². The molecule has 0 amide bonds. The summed E-state index contributed by atoms with van der Waals surface area (Å²) in [6.07, 6.45) is 30.8. The number of ether oxygens (including phenoxy) is 2. The topological polar surface area (TPSA) is 107 Å². The minimum absolute atomic E-state index is 0.105. The molecule has 8 heteroatoms. The van der Waals surface area contributed by atoms with Crippen LogP contribution in [-0.2, 0) is 19.6 Å². The van der Waals surface area contributed by atoms with Crippen molar-refractivity contribution in [2.75, 3.05) is 13.2 Å². The first-order valence-electron chi connectivity index (χ1n) is 17.0. The molecule has 0 bridgehead atoms. The molecule has 0 saturated carbocycles. The SMILES string of the molecule is C/C=C/CCCCCCCCCCCOC(=O)c1cccc(S(=O)(=O)O)c1C(=O)OCCCCCCCCCCC/C=C/C. The van der Waals surface area contributed by atoms with Crippen molar-refractivity contribution in [2.24, 2.45) is 0 Å². The van der Waals surface area contributed by atoms with E-state index in [1.165, 1.54) is 76.3 Å². The molecule has 1 aromatic rings. The Morgan fingerprint density at radius 3 is 1.41 bits per heavy atom. The maximum absolute atomic E-state index is 12.9. The van der Waals surface area contributed by atoms with Crippen LogP contribution >= 0.6 is 0 Å². The molecule has 0 radical (unpaired) electrons. The van der Waals surface area contributed by atoms with Crippen LogP contribution in [0.5, 0.6) is 0 Å². The molecule has 0 aliphatic rings. The molecule has 44 heavy (non-hydrogen) atoms. The molecule has 7 nitrogen and oxygen atoms in total. The van der Waals surface area contributed by atoms with Crippen molar-refractivity contribution in [3.63, 3.8) is 0 Å². The van der Waals surface area contributed by atoms with Gasteiger partial charge >= 0.3 is 11.9 Å². The molecule has 0 aliphatic carbocycles. The van der Waals surface area contributed by atoms with E-state index in [4.69, 9.17) is 9.47 Å². The van der Waals surface area contributed by atoms with Crippen LogP contribution < -0.4 is 0 Å². The summed E-state index contributed by atoms with van der Waals surface area (Å²) in [4.78, 5) is 25.1. The number of carbonyl (C=O) groups excluding carboxylic acids is 2. The zero-order valence-corrected chi connectivity index (χ0v) is 28.2. The molecule has 0 aliphatic heterocycles. The summed E-state index contributed by atoms with van der Waals surface area (Å²) in [5.41, 5.74) is -0.689. The van der Waals surface area contributed by atoms with Crippen molar-refractivity contribution in [3.8, 4) is 0 Å². The maximum Gasteiger partial charge on any atom is 0.340 e. The first kappa shape index (κ1) is 39.6. The molecule has 1 rings (SSSR count). The summed E-state index contributed by atoms with van der Waals surface area (Å²) in [6, 6.07) is 3.72. The Morgan fingerprint density at radius 2 is 1.00 bits per heavy atom. The number of allylic oxidation sites excluding steroid dienone is 4.